The first kappa shape index (κ1) is 13.5. The van der Waals surface area contributed by atoms with Crippen molar-refractivity contribution in [3.05, 3.63) is 22.7 Å². The molecule has 1 aromatic heterocycles. The first-order valence-electron chi connectivity index (χ1n) is 4.75. The second-order valence-electron chi connectivity index (χ2n) is 3.16. The Morgan fingerprint density at radius 2 is 2.41 bits per heavy atom. The average molecular weight is 259 g/mol. The molecular weight excluding hydrogens is 246 g/mol. The SMILES string of the molecule is CC(=O)OC[C@H](S)OCn1ccc(N)nc1=O. The predicted molar refractivity (Wildman–Crippen MR) is 63.4 cm³/mol. The lowest BCUT2D eigenvalue weighted by Crippen LogP contribution is -2.26. The van der Waals surface area contributed by atoms with E-state index in [0.717, 1.165) is 0 Å². The molecule has 1 atom stereocenters. The van der Waals surface area contributed by atoms with E-state index in [1.807, 2.05) is 0 Å². The number of nitrogen functional groups attached to an aromatic ring is 1. The summed E-state index contributed by atoms with van der Waals surface area (Å²) in [6.45, 7) is 1.26. The highest BCUT2D eigenvalue weighted by Gasteiger charge is 2.06. The zero-order valence-corrected chi connectivity index (χ0v) is 10.1. The van der Waals surface area contributed by atoms with Gasteiger partial charge in [-0.3, -0.25) is 9.36 Å². The van der Waals surface area contributed by atoms with Crippen molar-refractivity contribution in [2.45, 2.75) is 19.1 Å². The third kappa shape index (κ3) is 4.87. The summed E-state index contributed by atoms with van der Waals surface area (Å²) in [5.41, 5.74) is 4.20. The Morgan fingerprint density at radius 1 is 1.71 bits per heavy atom. The van der Waals surface area contributed by atoms with Crippen molar-refractivity contribution in [1.82, 2.24) is 9.55 Å². The van der Waals surface area contributed by atoms with Crippen molar-refractivity contribution in [3.8, 4) is 0 Å². The minimum absolute atomic E-state index is 0.00952. The molecule has 1 rings (SSSR count). The highest BCUT2D eigenvalue weighted by molar-refractivity contribution is 7.80. The van der Waals surface area contributed by atoms with Gasteiger partial charge in [-0.1, -0.05) is 0 Å². The largest absolute Gasteiger partial charge is 0.462 e. The molecule has 2 N–H and O–H groups in total. The predicted octanol–water partition coefficient (Wildman–Crippen LogP) is -0.381. The lowest BCUT2D eigenvalue weighted by Gasteiger charge is -2.12. The van der Waals surface area contributed by atoms with Crippen molar-refractivity contribution in [2.24, 2.45) is 0 Å². The van der Waals surface area contributed by atoms with Crippen LogP contribution in [0.2, 0.25) is 0 Å². The molecule has 0 radical (unpaired) electrons. The van der Waals surface area contributed by atoms with Gasteiger partial charge in [0, 0.05) is 13.1 Å². The van der Waals surface area contributed by atoms with Gasteiger partial charge in [-0.25, -0.2) is 4.79 Å². The Bertz CT molecular complexity index is 448. The Kier molecular flexibility index (Phi) is 4.98. The van der Waals surface area contributed by atoms with Crippen molar-refractivity contribution in [3.63, 3.8) is 0 Å². The summed E-state index contributed by atoms with van der Waals surface area (Å²) >= 11 is 4.03. The van der Waals surface area contributed by atoms with Gasteiger partial charge in [0.2, 0.25) is 0 Å². The van der Waals surface area contributed by atoms with Gasteiger partial charge in [0.05, 0.1) is 0 Å². The fourth-order valence-corrected chi connectivity index (χ4v) is 1.08. The summed E-state index contributed by atoms with van der Waals surface area (Å²) in [6, 6.07) is 1.48. The minimum atomic E-state index is -0.608. The van der Waals surface area contributed by atoms with E-state index in [1.165, 1.54) is 23.8 Å². The van der Waals surface area contributed by atoms with Gasteiger partial charge in [0.25, 0.3) is 0 Å². The number of aromatic nitrogens is 2. The van der Waals surface area contributed by atoms with Gasteiger partial charge in [0.15, 0.2) is 0 Å². The monoisotopic (exact) mass is 259 g/mol. The fraction of sp³-hybridized carbons (Fsp3) is 0.444. The number of nitrogens with zero attached hydrogens (tertiary/aromatic N) is 2. The first-order chi connectivity index (χ1) is 7.99. The summed E-state index contributed by atoms with van der Waals surface area (Å²) < 4.78 is 11.1. The van der Waals surface area contributed by atoms with Gasteiger partial charge in [0.1, 0.15) is 24.6 Å². The molecule has 17 heavy (non-hydrogen) atoms. The molecule has 1 heterocycles. The third-order valence-electron chi connectivity index (χ3n) is 1.73. The maximum atomic E-state index is 11.3. The molecule has 0 aromatic carbocycles. The van der Waals surface area contributed by atoms with Gasteiger partial charge in [-0.05, 0) is 6.07 Å². The molecule has 0 saturated heterocycles. The van der Waals surface area contributed by atoms with Crippen molar-refractivity contribution < 1.29 is 14.3 Å². The van der Waals surface area contributed by atoms with Gasteiger partial charge < -0.3 is 15.2 Å². The van der Waals surface area contributed by atoms with Crippen LogP contribution >= 0.6 is 12.6 Å². The Morgan fingerprint density at radius 3 is 3.00 bits per heavy atom. The van der Waals surface area contributed by atoms with Crippen molar-refractivity contribution in [1.29, 1.82) is 0 Å². The molecule has 0 spiro atoms. The molecular formula is C9H13N3O4S. The van der Waals surface area contributed by atoms with Gasteiger partial charge in [-0.2, -0.15) is 4.98 Å². The molecule has 0 aliphatic heterocycles. The summed E-state index contributed by atoms with van der Waals surface area (Å²) in [5.74, 6) is -0.271. The maximum absolute atomic E-state index is 11.3. The highest BCUT2D eigenvalue weighted by Crippen LogP contribution is 2.00. The van der Waals surface area contributed by atoms with E-state index in [4.69, 9.17) is 10.5 Å². The smallest absolute Gasteiger partial charge is 0.351 e. The maximum Gasteiger partial charge on any atom is 0.351 e. The Labute approximate surface area is 103 Å². The zero-order chi connectivity index (χ0) is 12.8. The molecule has 0 bridgehead atoms. The number of ether oxygens (including phenoxy) is 2. The molecule has 0 aliphatic rings. The standard InChI is InChI=1S/C9H13N3O4S/c1-6(13)15-4-8(17)16-5-12-3-2-7(10)11-9(12)14/h2-3,8,17H,4-5H2,1H3,(H2,10,11,14)/t8-/m0/s1. The van der Waals surface area contributed by atoms with E-state index < -0.39 is 17.1 Å². The second-order valence-corrected chi connectivity index (χ2v) is 3.73. The van der Waals surface area contributed by atoms with E-state index in [1.54, 1.807) is 0 Å². The number of carbonyl (C=O) groups is 1. The summed E-state index contributed by atoms with van der Waals surface area (Å²) in [7, 11) is 0. The molecule has 0 saturated carbocycles. The van der Waals surface area contributed by atoms with Crippen LogP contribution in [0.25, 0.3) is 0 Å². The number of hydrogen-bond donors (Lipinski definition) is 2. The second kappa shape index (κ2) is 6.26. The van der Waals surface area contributed by atoms with E-state index >= 15 is 0 Å². The normalized spacial score (nSPS) is 12.1. The number of thiol groups is 1. The van der Waals surface area contributed by atoms with Crippen LogP contribution in [-0.4, -0.2) is 27.6 Å². The molecule has 1 aromatic rings. The number of esters is 1. The summed E-state index contributed by atoms with van der Waals surface area (Å²) in [5, 5.41) is 0. The van der Waals surface area contributed by atoms with Crippen LogP contribution in [0, 0.1) is 0 Å². The molecule has 94 valence electrons. The zero-order valence-electron chi connectivity index (χ0n) is 9.20. The topological polar surface area (TPSA) is 96.4 Å². The number of anilines is 1. The molecule has 8 heteroatoms. The van der Waals surface area contributed by atoms with Crippen molar-refractivity contribution in [2.75, 3.05) is 12.3 Å². The van der Waals surface area contributed by atoms with Gasteiger partial charge >= 0.3 is 11.7 Å². The van der Waals surface area contributed by atoms with Crippen LogP contribution in [0.3, 0.4) is 0 Å². The lowest BCUT2D eigenvalue weighted by atomic mass is 10.6. The molecule has 0 unspecified atom stereocenters. The highest BCUT2D eigenvalue weighted by atomic mass is 32.1. The number of nitrogens with two attached hydrogens (primary N) is 1. The van der Waals surface area contributed by atoms with Crippen LogP contribution in [0.4, 0.5) is 5.82 Å². The lowest BCUT2D eigenvalue weighted by molar-refractivity contribution is -0.143. The van der Waals surface area contributed by atoms with Crippen LogP contribution < -0.4 is 11.4 Å². The van der Waals surface area contributed by atoms with Crippen LogP contribution in [0.15, 0.2) is 17.1 Å². The van der Waals surface area contributed by atoms with E-state index in [0.29, 0.717) is 0 Å². The quantitative estimate of drug-likeness (QED) is 0.425. The average Bonchev–Trinajstić information content (AvgIpc) is 2.25. The first-order valence-corrected chi connectivity index (χ1v) is 5.26. The number of hydrogen-bond acceptors (Lipinski definition) is 7. The third-order valence-corrected chi connectivity index (χ3v) is 2.03. The summed E-state index contributed by atoms with van der Waals surface area (Å²) in [4.78, 5) is 25.3. The summed E-state index contributed by atoms with van der Waals surface area (Å²) in [6.07, 6.45) is 1.46. The molecule has 0 aliphatic carbocycles. The Hall–Kier alpha value is -1.54. The molecule has 7 nitrogen and oxygen atoms in total. The number of carbonyl (C=O) groups excluding carboxylic acids is 1. The molecule has 0 fully saturated rings. The number of rotatable bonds is 5. The van der Waals surface area contributed by atoms with Gasteiger partial charge in [-0.15, -0.1) is 12.6 Å². The van der Waals surface area contributed by atoms with E-state index in [2.05, 4.69) is 22.3 Å². The van der Waals surface area contributed by atoms with Crippen LogP contribution in [0.5, 0.6) is 0 Å². The van der Waals surface area contributed by atoms with Crippen LogP contribution in [0.1, 0.15) is 6.92 Å². The fourth-order valence-electron chi connectivity index (χ4n) is 0.943. The van der Waals surface area contributed by atoms with Crippen molar-refractivity contribution >= 4 is 24.4 Å². The molecule has 0 amide bonds. The van der Waals surface area contributed by atoms with E-state index in [9.17, 15) is 9.59 Å². The van der Waals surface area contributed by atoms with E-state index in [-0.39, 0.29) is 19.2 Å². The minimum Gasteiger partial charge on any atom is -0.462 e. The Balaban J connectivity index is 2.44. The van der Waals surface area contributed by atoms with Crippen LogP contribution in [-0.2, 0) is 21.0 Å².